The van der Waals surface area contributed by atoms with Crippen molar-refractivity contribution in [1.29, 1.82) is 0 Å². The molecule has 1 heterocycles. The second kappa shape index (κ2) is 5.43. The van der Waals surface area contributed by atoms with E-state index in [0.29, 0.717) is 0 Å². The van der Waals surface area contributed by atoms with Crippen molar-refractivity contribution in [2.75, 3.05) is 0 Å². The second-order valence-corrected chi connectivity index (χ2v) is 5.84. The Morgan fingerprint density at radius 3 is 2.45 bits per heavy atom. The van der Waals surface area contributed by atoms with E-state index in [-0.39, 0.29) is 0 Å². The minimum atomic E-state index is 0.725. The fourth-order valence-electron chi connectivity index (χ4n) is 2.12. The molecule has 2 nitrogen and oxygen atoms in total. The van der Waals surface area contributed by atoms with Gasteiger partial charge in [0.05, 0.1) is 5.69 Å². The van der Waals surface area contributed by atoms with Gasteiger partial charge in [0.2, 0.25) is 0 Å². The van der Waals surface area contributed by atoms with Gasteiger partial charge in [0, 0.05) is 26.3 Å². The van der Waals surface area contributed by atoms with Gasteiger partial charge in [0.25, 0.3) is 0 Å². The molecule has 0 spiro atoms. The maximum atomic E-state index is 5.92. The van der Waals surface area contributed by atoms with Crippen LogP contribution in [0, 0.1) is 6.92 Å². The highest BCUT2D eigenvalue weighted by Gasteiger charge is 2.12. The third-order valence-electron chi connectivity index (χ3n) is 3.13. The summed E-state index contributed by atoms with van der Waals surface area (Å²) >= 11 is 9.49. The van der Waals surface area contributed by atoms with E-state index in [1.54, 1.807) is 0 Å². The van der Waals surface area contributed by atoms with Crippen LogP contribution in [0.25, 0.3) is 22.6 Å². The van der Waals surface area contributed by atoms with E-state index < -0.39 is 0 Å². The Morgan fingerprint density at radius 1 is 1.05 bits per heavy atom. The summed E-state index contributed by atoms with van der Waals surface area (Å²) in [4.78, 5) is 8.04. The first-order chi connectivity index (χ1) is 9.65. The molecule has 1 aromatic heterocycles. The normalized spacial score (nSPS) is 10.8. The van der Waals surface area contributed by atoms with Crippen LogP contribution in [0.15, 0.2) is 53.0 Å². The predicted molar refractivity (Wildman–Crippen MR) is 86.9 cm³/mol. The molecule has 0 aliphatic heterocycles. The highest BCUT2D eigenvalue weighted by atomic mass is 79.9. The van der Waals surface area contributed by atoms with Crippen LogP contribution in [0.4, 0.5) is 0 Å². The van der Waals surface area contributed by atoms with Crippen LogP contribution in [-0.4, -0.2) is 9.97 Å². The number of nitrogens with one attached hydrogen (secondary N) is 1. The number of hydrogen-bond acceptors (Lipinski definition) is 1. The Bertz CT molecular complexity index is 747. The molecular weight excluding hydrogens is 336 g/mol. The van der Waals surface area contributed by atoms with Crippen molar-refractivity contribution in [2.24, 2.45) is 0 Å². The molecule has 0 saturated carbocycles. The fraction of sp³-hybridized carbons (Fsp3) is 0.0625. The molecule has 0 bridgehead atoms. The zero-order valence-corrected chi connectivity index (χ0v) is 13.2. The summed E-state index contributed by atoms with van der Waals surface area (Å²) in [6.45, 7) is 2.03. The Kier molecular flexibility index (Phi) is 3.64. The number of halogens is 2. The van der Waals surface area contributed by atoms with Crippen LogP contribution in [0.1, 0.15) is 5.69 Å². The van der Waals surface area contributed by atoms with Gasteiger partial charge in [0.1, 0.15) is 5.82 Å². The maximum Gasteiger partial charge on any atom is 0.138 e. The lowest BCUT2D eigenvalue weighted by Crippen LogP contribution is -1.82. The summed E-state index contributed by atoms with van der Waals surface area (Å²) in [5.74, 6) is 0.852. The summed E-state index contributed by atoms with van der Waals surface area (Å²) in [6.07, 6.45) is 0. The topological polar surface area (TPSA) is 28.7 Å². The average Bonchev–Trinajstić information content (AvgIpc) is 2.82. The maximum absolute atomic E-state index is 5.92. The first-order valence-electron chi connectivity index (χ1n) is 6.22. The molecule has 0 unspecified atom stereocenters. The standard InChI is InChI=1S/C16H12BrClN2/c1-10-15(13-4-2-3-5-14(13)17)20-16(19-10)11-6-8-12(18)9-7-11/h2-9H,1H3,(H,19,20). The number of aryl methyl sites for hydroxylation is 1. The van der Waals surface area contributed by atoms with Crippen LogP contribution < -0.4 is 0 Å². The molecule has 0 fully saturated rings. The number of hydrogen-bond donors (Lipinski definition) is 1. The molecule has 3 rings (SSSR count). The van der Waals surface area contributed by atoms with Crippen LogP contribution >= 0.6 is 27.5 Å². The Morgan fingerprint density at radius 2 is 1.75 bits per heavy atom. The Balaban J connectivity index is 2.08. The van der Waals surface area contributed by atoms with Crippen molar-refractivity contribution in [3.05, 3.63) is 63.7 Å². The molecule has 0 amide bonds. The van der Waals surface area contributed by atoms with Crippen LogP contribution in [0.2, 0.25) is 5.02 Å². The summed E-state index contributed by atoms with van der Waals surface area (Å²) in [6, 6.07) is 15.7. The van der Waals surface area contributed by atoms with Crippen molar-refractivity contribution >= 4 is 27.5 Å². The highest BCUT2D eigenvalue weighted by Crippen LogP contribution is 2.31. The fourth-order valence-corrected chi connectivity index (χ4v) is 2.72. The smallest absolute Gasteiger partial charge is 0.138 e. The number of rotatable bonds is 2. The molecule has 20 heavy (non-hydrogen) atoms. The largest absolute Gasteiger partial charge is 0.342 e. The van der Waals surface area contributed by atoms with E-state index in [1.807, 2.05) is 49.4 Å². The molecule has 4 heteroatoms. The first-order valence-corrected chi connectivity index (χ1v) is 7.39. The summed E-state index contributed by atoms with van der Waals surface area (Å²) in [5, 5.41) is 0.725. The van der Waals surface area contributed by atoms with Gasteiger partial charge in [0.15, 0.2) is 0 Å². The number of benzene rings is 2. The molecule has 0 saturated heterocycles. The lowest BCUT2D eigenvalue weighted by Gasteiger charge is -2.01. The van der Waals surface area contributed by atoms with E-state index in [4.69, 9.17) is 16.6 Å². The van der Waals surface area contributed by atoms with Crippen molar-refractivity contribution in [3.8, 4) is 22.6 Å². The summed E-state index contributed by atoms with van der Waals surface area (Å²) in [7, 11) is 0. The van der Waals surface area contributed by atoms with Crippen molar-refractivity contribution in [1.82, 2.24) is 9.97 Å². The zero-order valence-electron chi connectivity index (χ0n) is 10.8. The molecule has 0 aliphatic carbocycles. The molecule has 2 aromatic carbocycles. The van der Waals surface area contributed by atoms with Crippen LogP contribution in [0.5, 0.6) is 0 Å². The van der Waals surface area contributed by atoms with Gasteiger partial charge < -0.3 is 4.98 Å². The highest BCUT2D eigenvalue weighted by molar-refractivity contribution is 9.10. The van der Waals surface area contributed by atoms with Crippen molar-refractivity contribution in [2.45, 2.75) is 6.92 Å². The molecule has 0 atom stereocenters. The summed E-state index contributed by atoms with van der Waals surface area (Å²) < 4.78 is 1.04. The average molecular weight is 348 g/mol. The van der Waals surface area contributed by atoms with E-state index in [1.165, 1.54) is 0 Å². The van der Waals surface area contributed by atoms with Crippen molar-refractivity contribution in [3.63, 3.8) is 0 Å². The Hall–Kier alpha value is -1.58. The second-order valence-electron chi connectivity index (χ2n) is 4.55. The number of aromatic nitrogens is 2. The number of H-pyrrole nitrogens is 1. The minimum Gasteiger partial charge on any atom is -0.342 e. The molecule has 100 valence electrons. The third-order valence-corrected chi connectivity index (χ3v) is 4.07. The summed E-state index contributed by atoms with van der Waals surface area (Å²) in [5.41, 5.74) is 4.11. The molecular formula is C16H12BrClN2. The monoisotopic (exact) mass is 346 g/mol. The van der Waals surface area contributed by atoms with Gasteiger partial charge in [-0.2, -0.15) is 0 Å². The zero-order chi connectivity index (χ0) is 14.1. The number of nitrogens with zero attached hydrogens (tertiary/aromatic N) is 1. The number of aromatic amines is 1. The van der Waals surface area contributed by atoms with Gasteiger partial charge in [-0.1, -0.05) is 45.7 Å². The predicted octanol–water partition coefficient (Wildman–Crippen LogP) is 5.47. The van der Waals surface area contributed by atoms with Gasteiger partial charge in [-0.05, 0) is 37.3 Å². The third kappa shape index (κ3) is 2.51. The van der Waals surface area contributed by atoms with E-state index in [9.17, 15) is 0 Å². The van der Waals surface area contributed by atoms with Gasteiger partial charge >= 0.3 is 0 Å². The van der Waals surface area contributed by atoms with Gasteiger partial charge in [-0.15, -0.1) is 0 Å². The van der Waals surface area contributed by atoms with E-state index in [2.05, 4.69) is 27.0 Å². The van der Waals surface area contributed by atoms with Crippen molar-refractivity contribution < 1.29 is 0 Å². The first kappa shape index (κ1) is 13.4. The van der Waals surface area contributed by atoms with Gasteiger partial charge in [-0.3, -0.25) is 0 Å². The van der Waals surface area contributed by atoms with E-state index >= 15 is 0 Å². The van der Waals surface area contributed by atoms with Crippen LogP contribution in [-0.2, 0) is 0 Å². The Labute approximate surface area is 131 Å². The molecule has 0 aliphatic rings. The lowest BCUT2D eigenvalue weighted by atomic mass is 10.1. The SMILES string of the molecule is Cc1[nH]c(-c2ccc(Cl)cc2)nc1-c1ccccc1Br. The van der Waals surface area contributed by atoms with Crippen LogP contribution in [0.3, 0.4) is 0 Å². The molecule has 3 aromatic rings. The van der Waals surface area contributed by atoms with Gasteiger partial charge in [-0.25, -0.2) is 4.98 Å². The van der Waals surface area contributed by atoms with E-state index in [0.717, 1.165) is 37.8 Å². The minimum absolute atomic E-state index is 0.725. The lowest BCUT2D eigenvalue weighted by molar-refractivity contribution is 1.26. The number of imidazole rings is 1. The molecule has 1 N–H and O–H groups in total. The quantitative estimate of drug-likeness (QED) is 0.654. The molecule has 0 radical (unpaired) electrons.